The normalized spacial score (nSPS) is 15.4. The van der Waals surface area contributed by atoms with E-state index in [2.05, 4.69) is 16.0 Å². The monoisotopic (exact) mass is 494 g/mol. The molecule has 2 aromatic rings. The summed E-state index contributed by atoms with van der Waals surface area (Å²) in [4.78, 5) is 39.9. The zero-order chi connectivity index (χ0) is 26.2. The molecule has 0 spiro atoms. The molecule has 1 aliphatic rings. The summed E-state index contributed by atoms with van der Waals surface area (Å²) in [6.45, 7) is 10.1. The van der Waals surface area contributed by atoms with E-state index in [0.717, 1.165) is 6.42 Å². The number of urea groups is 2. The van der Waals surface area contributed by atoms with Gasteiger partial charge in [-0.3, -0.25) is 4.90 Å². The van der Waals surface area contributed by atoms with E-state index in [0.29, 0.717) is 47.1 Å². The SMILES string of the molecule is CCCN1C(=O)NC(c2ccc(NC(=O)Nc3ccccc3OCC)cc2)C(C(=O)OC(C)C)=C1C. The smallest absolute Gasteiger partial charge is 0.338 e. The van der Waals surface area contributed by atoms with E-state index in [-0.39, 0.29) is 12.1 Å². The maximum Gasteiger partial charge on any atom is 0.338 e. The molecule has 0 aromatic heterocycles. The van der Waals surface area contributed by atoms with Crippen LogP contribution in [0.4, 0.5) is 21.0 Å². The number of hydrogen-bond acceptors (Lipinski definition) is 5. The Kier molecular flexibility index (Phi) is 8.94. The van der Waals surface area contributed by atoms with E-state index in [9.17, 15) is 14.4 Å². The second kappa shape index (κ2) is 12.1. The van der Waals surface area contributed by atoms with E-state index in [1.54, 1.807) is 62.1 Å². The van der Waals surface area contributed by atoms with E-state index >= 15 is 0 Å². The Labute approximate surface area is 211 Å². The van der Waals surface area contributed by atoms with E-state index in [1.807, 2.05) is 26.0 Å². The molecular weight excluding hydrogens is 460 g/mol. The molecule has 36 heavy (non-hydrogen) atoms. The molecule has 4 amide bonds. The van der Waals surface area contributed by atoms with Crippen LogP contribution < -0.4 is 20.7 Å². The number of nitrogens with one attached hydrogen (secondary N) is 3. The van der Waals surface area contributed by atoms with Crippen LogP contribution in [-0.4, -0.2) is 42.2 Å². The molecule has 0 saturated heterocycles. The van der Waals surface area contributed by atoms with Crippen molar-refractivity contribution in [1.29, 1.82) is 0 Å². The predicted octanol–water partition coefficient (Wildman–Crippen LogP) is 5.43. The van der Waals surface area contributed by atoms with Gasteiger partial charge in [-0.25, -0.2) is 14.4 Å². The zero-order valence-corrected chi connectivity index (χ0v) is 21.4. The van der Waals surface area contributed by atoms with Crippen LogP contribution in [-0.2, 0) is 9.53 Å². The van der Waals surface area contributed by atoms with Crippen molar-refractivity contribution in [1.82, 2.24) is 10.2 Å². The average Bonchev–Trinajstić information content (AvgIpc) is 2.82. The largest absolute Gasteiger partial charge is 0.492 e. The number of amides is 4. The predicted molar refractivity (Wildman–Crippen MR) is 139 cm³/mol. The van der Waals surface area contributed by atoms with Crippen molar-refractivity contribution in [3.63, 3.8) is 0 Å². The number of nitrogens with zero attached hydrogens (tertiary/aromatic N) is 1. The van der Waals surface area contributed by atoms with E-state index in [4.69, 9.17) is 9.47 Å². The highest BCUT2D eigenvalue weighted by atomic mass is 16.5. The Hall–Kier alpha value is -4.01. The first-order chi connectivity index (χ1) is 17.2. The molecule has 192 valence electrons. The first-order valence-corrected chi connectivity index (χ1v) is 12.1. The Morgan fingerprint density at radius 2 is 1.75 bits per heavy atom. The second-order valence-corrected chi connectivity index (χ2v) is 8.62. The van der Waals surface area contributed by atoms with Crippen molar-refractivity contribution < 1.29 is 23.9 Å². The van der Waals surface area contributed by atoms with Crippen LogP contribution in [0.2, 0.25) is 0 Å². The Balaban J connectivity index is 1.80. The number of ether oxygens (including phenoxy) is 2. The van der Waals surface area contributed by atoms with Crippen LogP contribution in [0, 0.1) is 0 Å². The minimum absolute atomic E-state index is 0.269. The fraction of sp³-hybridized carbons (Fsp3) is 0.370. The molecule has 0 bridgehead atoms. The Bertz CT molecular complexity index is 1130. The van der Waals surface area contributed by atoms with Crippen molar-refractivity contribution in [3.05, 3.63) is 65.4 Å². The lowest BCUT2D eigenvalue weighted by atomic mass is 9.94. The molecule has 1 heterocycles. The molecule has 0 saturated carbocycles. The number of carbonyl (C=O) groups is 3. The highest BCUT2D eigenvalue weighted by Crippen LogP contribution is 2.32. The van der Waals surface area contributed by atoms with Gasteiger partial charge in [0.1, 0.15) is 5.75 Å². The summed E-state index contributed by atoms with van der Waals surface area (Å²) in [7, 11) is 0. The van der Waals surface area contributed by atoms with Crippen LogP contribution in [0.5, 0.6) is 5.75 Å². The minimum atomic E-state index is -0.669. The highest BCUT2D eigenvalue weighted by molar-refractivity contribution is 6.00. The van der Waals surface area contributed by atoms with Crippen LogP contribution in [0.15, 0.2) is 59.8 Å². The lowest BCUT2D eigenvalue weighted by Crippen LogP contribution is -2.48. The molecule has 9 nitrogen and oxygen atoms in total. The summed E-state index contributed by atoms with van der Waals surface area (Å²) >= 11 is 0. The molecule has 1 atom stereocenters. The van der Waals surface area contributed by atoms with Crippen molar-refractivity contribution >= 4 is 29.4 Å². The summed E-state index contributed by atoms with van der Waals surface area (Å²) in [5, 5.41) is 8.50. The molecule has 1 unspecified atom stereocenters. The average molecular weight is 495 g/mol. The highest BCUT2D eigenvalue weighted by Gasteiger charge is 2.36. The van der Waals surface area contributed by atoms with Gasteiger partial charge in [0.2, 0.25) is 0 Å². The summed E-state index contributed by atoms with van der Waals surface area (Å²) in [5.41, 5.74) is 2.77. The summed E-state index contributed by atoms with van der Waals surface area (Å²) in [6.07, 6.45) is 0.452. The van der Waals surface area contributed by atoms with Crippen molar-refractivity contribution in [2.24, 2.45) is 0 Å². The molecule has 2 aromatic carbocycles. The maximum atomic E-state index is 13.0. The third kappa shape index (κ3) is 6.35. The van der Waals surface area contributed by atoms with Crippen LogP contribution >= 0.6 is 0 Å². The van der Waals surface area contributed by atoms with Gasteiger partial charge < -0.3 is 25.4 Å². The number of anilines is 2. The fourth-order valence-corrected chi connectivity index (χ4v) is 3.96. The van der Waals surface area contributed by atoms with Gasteiger partial charge in [-0.1, -0.05) is 31.2 Å². The topological polar surface area (TPSA) is 109 Å². The number of carbonyl (C=O) groups excluding carboxylic acids is 3. The van der Waals surface area contributed by atoms with Gasteiger partial charge in [-0.15, -0.1) is 0 Å². The third-order valence-electron chi connectivity index (χ3n) is 5.54. The lowest BCUT2D eigenvalue weighted by molar-refractivity contribution is -0.143. The molecule has 3 rings (SSSR count). The van der Waals surface area contributed by atoms with Crippen LogP contribution in [0.3, 0.4) is 0 Å². The Morgan fingerprint density at radius 1 is 1.06 bits per heavy atom. The first-order valence-electron chi connectivity index (χ1n) is 12.1. The maximum absolute atomic E-state index is 13.0. The molecular formula is C27H34N4O5. The van der Waals surface area contributed by atoms with Crippen LogP contribution in [0.1, 0.15) is 52.6 Å². The zero-order valence-electron chi connectivity index (χ0n) is 21.4. The molecule has 0 radical (unpaired) electrons. The molecule has 9 heteroatoms. The van der Waals surface area contributed by atoms with Crippen LogP contribution in [0.25, 0.3) is 0 Å². The second-order valence-electron chi connectivity index (χ2n) is 8.62. The van der Waals surface area contributed by atoms with Gasteiger partial charge in [-0.05, 0) is 63.9 Å². The lowest BCUT2D eigenvalue weighted by Gasteiger charge is -2.35. The quantitative estimate of drug-likeness (QED) is 0.403. The molecule has 1 aliphatic heterocycles. The summed E-state index contributed by atoms with van der Waals surface area (Å²) in [6, 6.07) is 12.8. The summed E-state index contributed by atoms with van der Waals surface area (Å²) < 4.78 is 11.0. The minimum Gasteiger partial charge on any atom is -0.492 e. The number of hydrogen-bond donors (Lipinski definition) is 3. The van der Waals surface area contributed by atoms with Gasteiger partial charge in [0.25, 0.3) is 0 Å². The number of allylic oxidation sites excluding steroid dienone is 1. The van der Waals surface area contributed by atoms with Gasteiger partial charge in [0.05, 0.1) is 30.0 Å². The van der Waals surface area contributed by atoms with Crippen molar-refractivity contribution in [3.8, 4) is 5.75 Å². The molecule has 3 N–H and O–H groups in total. The van der Waals surface area contributed by atoms with Gasteiger partial charge in [-0.2, -0.15) is 0 Å². The first kappa shape index (κ1) is 26.6. The Morgan fingerprint density at radius 3 is 2.39 bits per heavy atom. The van der Waals surface area contributed by atoms with Gasteiger partial charge >= 0.3 is 18.0 Å². The van der Waals surface area contributed by atoms with E-state index < -0.39 is 18.0 Å². The van der Waals surface area contributed by atoms with Gasteiger partial charge in [0, 0.05) is 17.9 Å². The van der Waals surface area contributed by atoms with Crippen molar-refractivity contribution in [2.45, 2.75) is 53.2 Å². The van der Waals surface area contributed by atoms with Gasteiger partial charge in [0.15, 0.2) is 0 Å². The van der Waals surface area contributed by atoms with E-state index in [1.165, 1.54) is 0 Å². The number of para-hydroxylation sites is 2. The standard InChI is InChI=1S/C27H34N4O5/c1-6-16-31-18(5)23(25(32)36-17(3)4)24(30-27(31)34)19-12-14-20(15-13-19)28-26(33)29-21-10-8-9-11-22(21)35-7-2/h8-15,17,24H,6-7,16H2,1-5H3,(H,30,34)(H2,28,29,33). The summed E-state index contributed by atoms with van der Waals surface area (Å²) in [5.74, 6) is 0.113. The number of rotatable bonds is 9. The molecule has 0 fully saturated rings. The number of esters is 1. The number of benzene rings is 2. The third-order valence-corrected chi connectivity index (χ3v) is 5.54. The van der Waals surface area contributed by atoms with Crippen molar-refractivity contribution in [2.75, 3.05) is 23.8 Å². The molecule has 0 aliphatic carbocycles. The fourth-order valence-electron chi connectivity index (χ4n) is 3.96.